The number of alkyl halides is 3. The molecule has 1 aliphatic rings. The van der Waals surface area contributed by atoms with Crippen molar-refractivity contribution < 1.29 is 18.3 Å². The first-order valence-corrected chi connectivity index (χ1v) is 6.41. The summed E-state index contributed by atoms with van der Waals surface area (Å²) in [6, 6.07) is 5.04. The molecule has 1 aromatic rings. The molecule has 0 spiro atoms. The van der Waals surface area contributed by atoms with Crippen molar-refractivity contribution in [2.24, 2.45) is 0 Å². The Balaban J connectivity index is 2.05. The van der Waals surface area contributed by atoms with Crippen LogP contribution in [0, 0.1) is 0 Å². The predicted octanol–water partition coefficient (Wildman–Crippen LogP) is 3.45. The zero-order valence-corrected chi connectivity index (χ0v) is 10.9. The molecular formula is C14H18F3NO. The minimum Gasteiger partial charge on any atom is -0.388 e. The van der Waals surface area contributed by atoms with Crippen LogP contribution >= 0.6 is 0 Å². The molecule has 1 N–H and O–H groups in total. The Bertz CT molecular complexity index is 421. The van der Waals surface area contributed by atoms with Crippen molar-refractivity contribution >= 4 is 5.69 Å². The highest BCUT2D eigenvalue weighted by molar-refractivity contribution is 5.47. The molecule has 1 fully saturated rings. The molecule has 0 unspecified atom stereocenters. The first-order chi connectivity index (χ1) is 8.80. The molecule has 1 saturated carbocycles. The molecule has 0 radical (unpaired) electrons. The number of likely N-dealkylation sites (N-methyl/N-ethyl adjacent to an activating group) is 1. The molecule has 0 amide bonds. The monoisotopic (exact) mass is 273 g/mol. The minimum absolute atomic E-state index is 0.457. The van der Waals surface area contributed by atoms with Crippen molar-refractivity contribution in [2.45, 2.75) is 37.5 Å². The van der Waals surface area contributed by atoms with Crippen molar-refractivity contribution in [3.8, 4) is 0 Å². The second-order valence-corrected chi connectivity index (χ2v) is 5.33. The number of aliphatic hydroxyl groups is 1. The van der Waals surface area contributed by atoms with Gasteiger partial charge in [-0.05, 0) is 37.1 Å². The number of anilines is 1. The van der Waals surface area contributed by atoms with E-state index in [4.69, 9.17) is 0 Å². The third kappa shape index (κ3) is 3.41. The second-order valence-electron chi connectivity index (χ2n) is 5.33. The molecule has 2 nitrogen and oxygen atoms in total. The first kappa shape index (κ1) is 14.2. The zero-order chi connectivity index (χ0) is 14.1. The van der Waals surface area contributed by atoms with Gasteiger partial charge in [0.05, 0.1) is 11.2 Å². The summed E-state index contributed by atoms with van der Waals surface area (Å²) < 4.78 is 37.4. The molecule has 1 aliphatic carbocycles. The third-order valence-corrected chi connectivity index (χ3v) is 3.70. The lowest BCUT2D eigenvalue weighted by Gasteiger charge is -2.30. The molecule has 106 valence electrons. The highest BCUT2D eigenvalue weighted by Crippen LogP contribution is 2.33. The topological polar surface area (TPSA) is 23.5 Å². The van der Waals surface area contributed by atoms with Crippen LogP contribution in [-0.4, -0.2) is 24.3 Å². The van der Waals surface area contributed by atoms with Gasteiger partial charge in [-0.3, -0.25) is 0 Å². The van der Waals surface area contributed by atoms with E-state index in [0.29, 0.717) is 12.2 Å². The van der Waals surface area contributed by atoms with Crippen LogP contribution in [-0.2, 0) is 6.18 Å². The van der Waals surface area contributed by atoms with Crippen LogP contribution in [0.5, 0.6) is 0 Å². The van der Waals surface area contributed by atoms with Gasteiger partial charge >= 0.3 is 6.18 Å². The second kappa shape index (κ2) is 5.04. The van der Waals surface area contributed by atoms with Gasteiger partial charge in [0.2, 0.25) is 0 Å². The average molecular weight is 273 g/mol. The van der Waals surface area contributed by atoms with Gasteiger partial charge in [-0.25, -0.2) is 0 Å². The van der Waals surface area contributed by atoms with E-state index in [1.165, 1.54) is 12.1 Å². The molecule has 19 heavy (non-hydrogen) atoms. The van der Waals surface area contributed by atoms with Gasteiger partial charge in [-0.15, -0.1) is 0 Å². The lowest BCUT2D eigenvalue weighted by molar-refractivity contribution is -0.137. The van der Waals surface area contributed by atoms with E-state index in [1.807, 2.05) is 4.90 Å². The largest absolute Gasteiger partial charge is 0.416 e. The lowest BCUT2D eigenvalue weighted by Crippen LogP contribution is -2.39. The van der Waals surface area contributed by atoms with Gasteiger partial charge in [0.15, 0.2) is 0 Å². The number of nitrogens with zero attached hydrogens (tertiary/aromatic N) is 1. The van der Waals surface area contributed by atoms with E-state index >= 15 is 0 Å². The molecule has 0 heterocycles. The van der Waals surface area contributed by atoms with Crippen molar-refractivity contribution in [3.63, 3.8) is 0 Å². The number of hydrogen-bond acceptors (Lipinski definition) is 2. The molecule has 0 atom stereocenters. The average Bonchev–Trinajstić information content (AvgIpc) is 2.75. The number of hydrogen-bond donors (Lipinski definition) is 1. The summed E-state index contributed by atoms with van der Waals surface area (Å²) in [5.74, 6) is 0. The molecule has 2 rings (SSSR count). The van der Waals surface area contributed by atoms with E-state index < -0.39 is 17.3 Å². The van der Waals surface area contributed by atoms with Crippen molar-refractivity contribution in [1.82, 2.24) is 0 Å². The minimum atomic E-state index is -4.30. The van der Waals surface area contributed by atoms with Crippen LogP contribution in [0.3, 0.4) is 0 Å². The van der Waals surface area contributed by atoms with Gasteiger partial charge < -0.3 is 10.0 Å². The van der Waals surface area contributed by atoms with E-state index in [0.717, 1.165) is 37.8 Å². The Morgan fingerprint density at radius 2 is 1.68 bits per heavy atom. The Kier molecular flexibility index (Phi) is 3.76. The van der Waals surface area contributed by atoms with Gasteiger partial charge in [0.1, 0.15) is 0 Å². The summed E-state index contributed by atoms with van der Waals surface area (Å²) in [6.45, 7) is 0.457. The van der Waals surface area contributed by atoms with Crippen molar-refractivity contribution in [2.75, 3.05) is 18.5 Å². The summed E-state index contributed by atoms with van der Waals surface area (Å²) in [6.07, 6.45) is -0.759. The summed E-state index contributed by atoms with van der Waals surface area (Å²) in [7, 11) is 1.79. The summed E-state index contributed by atoms with van der Waals surface area (Å²) >= 11 is 0. The van der Waals surface area contributed by atoms with E-state index in [9.17, 15) is 18.3 Å². The normalized spacial score (nSPS) is 18.6. The number of halogens is 3. The van der Waals surface area contributed by atoms with Crippen LogP contribution in [0.25, 0.3) is 0 Å². The van der Waals surface area contributed by atoms with Gasteiger partial charge in [-0.1, -0.05) is 12.8 Å². The molecule has 0 aromatic heterocycles. The highest BCUT2D eigenvalue weighted by Gasteiger charge is 2.33. The first-order valence-electron chi connectivity index (χ1n) is 6.41. The summed E-state index contributed by atoms with van der Waals surface area (Å²) in [4.78, 5) is 1.81. The fraction of sp³-hybridized carbons (Fsp3) is 0.571. The Labute approximate surface area is 110 Å². The maximum Gasteiger partial charge on any atom is 0.416 e. The fourth-order valence-electron chi connectivity index (χ4n) is 2.63. The zero-order valence-electron chi connectivity index (χ0n) is 10.9. The Morgan fingerprint density at radius 3 is 2.16 bits per heavy atom. The van der Waals surface area contributed by atoms with E-state index in [1.54, 1.807) is 7.05 Å². The van der Waals surface area contributed by atoms with Crippen LogP contribution in [0.1, 0.15) is 31.2 Å². The molecular weight excluding hydrogens is 255 g/mol. The third-order valence-electron chi connectivity index (χ3n) is 3.70. The number of benzene rings is 1. The molecule has 0 aliphatic heterocycles. The predicted molar refractivity (Wildman–Crippen MR) is 68.1 cm³/mol. The summed E-state index contributed by atoms with van der Waals surface area (Å²) in [5.41, 5.74) is -0.658. The SMILES string of the molecule is CN(CC1(O)CCCC1)c1ccc(C(F)(F)F)cc1. The maximum atomic E-state index is 12.5. The smallest absolute Gasteiger partial charge is 0.388 e. The molecule has 0 saturated heterocycles. The standard InChI is InChI=1S/C14H18F3NO/c1-18(10-13(19)8-2-3-9-13)12-6-4-11(5-7-12)14(15,16)17/h4-7,19H,2-3,8-10H2,1H3. The van der Waals surface area contributed by atoms with Crippen LogP contribution in [0.4, 0.5) is 18.9 Å². The fourth-order valence-corrected chi connectivity index (χ4v) is 2.63. The maximum absolute atomic E-state index is 12.5. The van der Waals surface area contributed by atoms with E-state index in [2.05, 4.69) is 0 Å². The molecule has 1 aromatic carbocycles. The van der Waals surface area contributed by atoms with Gasteiger partial charge in [0.25, 0.3) is 0 Å². The van der Waals surface area contributed by atoms with Crippen LogP contribution < -0.4 is 4.90 Å². The van der Waals surface area contributed by atoms with Crippen LogP contribution in [0.15, 0.2) is 24.3 Å². The number of rotatable bonds is 3. The molecule has 5 heteroatoms. The lowest BCUT2D eigenvalue weighted by atomic mass is 10.0. The Hall–Kier alpha value is -1.23. The summed E-state index contributed by atoms with van der Waals surface area (Å²) in [5, 5.41) is 10.3. The Morgan fingerprint density at radius 1 is 1.16 bits per heavy atom. The van der Waals surface area contributed by atoms with E-state index in [-0.39, 0.29) is 0 Å². The van der Waals surface area contributed by atoms with Gasteiger partial charge in [-0.2, -0.15) is 13.2 Å². The van der Waals surface area contributed by atoms with Crippen LogP contribution in [0.2, 0.25) is 0 Å². The van der Waals surface area contributed by atoms with Gasteiger partial charge in [0, 0.05) is 19.3 Å². The quantitative estimate of drug-likeness (QED) is 0.911. The highest BCUT2D eigenvalue weighted by atomic mass is 19.4. The molecule has 0 bridgehead atoms. The van der Waals surface area contributed by atoms with Crippen molar-refractivity contribution in [3.05, 3.63) is 29.8 Å². The van der Waals surface area contributed by atoms with Crippen molar-refractivity contribution in [1.29, 1.82) is 0 Å².